The molecule has 1 fully saturated rings. The fraction of sp³-hybridized carbons (Fsp3) is 1.00. The fourth-order valence-corrected chi connectivity index (χ4v) is 1.86. The first-order valence-electron chi connectivity index (χ1n) is 4.84. The minimum Gasteiger partial charge on any atom is -0.223 e. The average molecular weight is 364 g/mol. The second kappa shape index (κ2) is 4.30. The molecule has 0 radical (unpaired) electrons. The van der Waals surface area contributed by atoms with Crippen molar-refractivity contribution in [1.29, 1.82) is 0 Å². The summed E-state index contributed by atoms with van der Waals surface area (Å²) in [4.78, 5) is 0. The van der Waals surface area contributed by atoms with E-state index in [4.69, 9.17) is 0 Å². The van der Waals surface area contributed by atoms with Gasteiger partial charge in [-0.2, -0.15) is 35.1 Å². The van der Waals surface area contributed by atoms with Crippen LogP contribution >= 0.6 is 0 Å². The van der Waals surface area contributed by atoms with Gasteiger partial charge in [-0.05, 0) is 0 Å². The Hall–Kier alpha value is -0.980. The zero-order valence-corrected chi connectivity index (χ0v) is 9.45. The van der Waals surface area contributed by atoms with E-state index >= 15 is 0 Å². The summed E-state index contributed by atoms with van der Waals surface area (Å²) in [5, 5.41) is 0. The highest BCUT2D eigenvalue weighted by Gasteiger charge is 3.03. The predicted molar refractivity (Wildman–Crippen MR) is 39.5 cm³/mol. The SMILES string of the molecule is FC(F)C1(F)C(F)(F)C(F)(F)C(F)(C(F)F)C(F)(F)C1(F)F. The molecule has 0 nitrogen and oxygen atoms in total. The first-order chi connectivity index (χ1) is 9.39. The van der Waals surface area contributed by atoms with Crippen molar-refractivity contribution < 1.29 is 61.5 Å². The molecule has 1 saturated carbocycles. The maximum Gasteiger partial charge on any atom is 0.359 e. The molecule has 0 aromatic carbocycles. The van der Waals surface area contributed by atoms with Gasteiger partial charge in [0, 0.05) is 0 Å². The summed E-state index contributed by atoms with van der Waals surface area (Å²) >= 11 is 0. The highest BCUT2D eigenvalue weighted by molar-refractivity contribution is 5.30. The molecular weight excluding hydrogens is 362 g/mol. The Kier molecular flexibility index (Phi) is 3.73. The summed E-state index contributed by atoms with van der Waals surface area (Å²) in [5.74, 6) is -30.3. The molecule has 0 bridgehead atoms. The highest BCUT2D eigenvalue weighted by Crippen LogP contribution is 2.71. The summed E-state index contributed by atoms with van der Waals surface area (Å²) in [6, 6.07) is 0. The summed E-state index contributed by atoms with van der Waals surface area (Å²) in [7, 11) is 0. The molecule has 1 aliphatic rings. The van der Waals surface area contributed by atoms with E-state index in [0.717, 1.165) is 0 Å². The monoisotopic (exact) mass is 364 g/mol. The lowest BCUT2D eigenvalue weighted by Crippen LogP contribution is -2.87. The van der Waals surface area contributed by atoms with Crippen molar-refractivity contribution in [1.82, 2.24) is 0 Å². The Balaban J connectivity index is 3.94. The zero-order valence-electron chi connectivity index (χ0n) is 9.45. The number of alkyl halides is 14. The van der Waals surface area contributed by atoms with Crippen LogP contribution < -0.4 is 0 Å². The molecule has 132 valence electrons. The lowest BCUT2D eigenvalue weighted by molar-refractivity contribution is -0.484. The number of hydrogen-bond acceptors (Lipinski definition) is 0. The van der Waals surface area contributed by atoms with Crippen molar-refractivity contribution in [2.75, 3.05) is 0 Å². The average Bonchev–Trinajstić information content (AvgIpc) is 2.33. The third kappa shape index (κ3) is 1.46. The van der Waals surface area contributed by atoms with Gasteiger partial charge in [0.15, 0.2) is 0 Å². The molecule has 0 unspecified atom stereocenters. The van der Waals surface area contributed by atoms with Crippen LogP contribution in [0.2, 0.25) is 0 Å². The molecule has 1 aliphatic carbocycles. The molecule has 0 heterocycles. The summed E-state index contributed by atoms with van der Waals surface area (Å²) in [6.07, 6.45) is -11.8. The van der Waals surface area contributed by atoms with Crippen molar-refractivity contribution in [2.45, 2.75) is 47.9 Å². The van der Waals surface area contributed by atoms with Gasteiger partial charge in [-0.25, -0.2) is 26.3 Å². The molecule has 0 saturated heterocycles. The van der Waals surface area contributed by atoms with Crippen LogP contribution in [-0.2, 0) is 0 Å². The third-order valence-corrected chi connectivity index (χ3v) is 3.22. The minimum absolute atomic E-state index is 5.88. The lowest BCUT2D eigenvalue weighted by atomic mass is 9.67. The molecule has 14 heteroatoms. The van der Waals surface area contributed by atoms with Crippen LogP contribution in [0.5, 0.6) is 0 Å². The fourth-order valence-electron chi connectivity index (χ4n) is 1.86. The molecule has 1 rings (SSSR count). The second-order valence-electron chi connectivity index (χ2n) is 4.32. The van der Waals surface area contributed by atoms with Gasteiger partial charge in [-0.1, -0.05) is 0 Å². The normalized spacial score (nSPS) is 39.3. The van der Waals surface area contributed by atoms with Gasteiger partial charge < -0.3 is 0 Å². The van der Waals surface area contributed by atoms with Gasteiger partial charge >= 0.3 is 35.0 Å². The Morgan fingerprint density at radius 1 is 0.364 bits per heavy atom. The molecule has 0 aromatic rings. The van der Waals surface area contributed by atoms with Crippen LogP contribution in [0.25, 0.3) is 0 Å². The lowest BCUT2D eigenvalue weighted by Gasteiger charge is -2.54. The van der Waals surface area contributed by atoms with Crippen LogP contribution in [0.4, 0.5) is 61.5 Å². The van der Waals surface area contributed by atoms with Gasteiger partial charge in [0.1, 0.15) is 0 Å². The molecule has 0 atom stereocenters. The largest absolute Gasteiger partial charge is 0.359 e. The third-order valence-electron chi connectivity index (χ3n) is 3.22. The molecule has 22 heavy (non-hydrogen) atoms. The van der Waals surface area contributed by atoms with Crippen LogP contribution in [0.15, 0.2) is 0 Å². The first kappa shape index (κ1) is 19.1. The quantitative estimate of drug-likeness (QED) is 0.634. The van der Waals surface area contributed by atoms with Crippen LogP contribution in [-0.4, -0.2) is 47.9 Å². The van der Waals surface area contributed by atoms with Gasteiger partial charge in [-0.3, -0.25) is 0 Å². The Labute approximate surface area is 111 Å². The van der Waals surface area contributed by atoms with E-state index in [1.807, 2.05) is 0 Å². The topological polar surface area (TPSA) is 0 Å². The van der Waals surface area contributed by atoms with Crippen molar-refractivity contribution in [2.24, 2.45) is 0 Å². The second-order valence-corrected chi connectivity index (χ2v) is 4.32. The molecular formula is C8H2F14. The van der Waals surface area contributed by atoms with Crippen molar-refractivity contribution in [3.05, 3.63) is 0 Å². The van der Waals surface area contributed by atoms with E-state index in [0.29, 0.717) is 0 Å². The van der Waals surface area contributed by atoms with Gasteiger partial charge in [0.05, 0.1) is 0 Å². The van der Waals surface area contributed by atoms with Gasteiger partial charge in [0.25, 0.3) is 12.9 Å². The summed E-state index contributed by atoms with van der Waals surface area (Å²) in [6.45, 7) is 0. The van der Waals surface area contributed by atoms with E-state index in [9.17, 15) is 61.5 Å². The number of hydrogen-bond donors (Lipinski definition) is 0. The van der Waals surface area contributed by atoms with Crippen LogP contribution in [0.1, 0.15) is 0 Å². The van der Waals surface area contributed by atoms with Crippen LogP contribution in [0, 0.1) is 0 Å². The van der Waals surface area contributed by atoms with E-state index < -0.39 is 47.9 Å². The van der Waals surface area contributed by atoms with Gasteiger partial charge in [-0.15, -0.1) is 0 Å². The maximum absolute atomic E-state index is 13.2. The van der Waals surface area contributed by atoms with E-state index in [2.05, 4.69) is 0 Å². The smallest absolute Gasteiger partial charge is 0.223 e. The van der Waals surface area contributed by atoms with Crippen molar-refractivity contribution in [3.8, 4) is 0 Å². The first-order valence-corrected chi connectivity index (χ1v) is 4.84. The Morgan fingerprint density at radius 3 is 0.591 bits per heavy atom. The maximum atomic E-state index is 13.2. The minimum atomic E-state index is -7.58. The molecule has 0 amide bonds. The summed E-state index contributed by atoms with van der Waals surface area (Å²) < 4.78 is 179. The molecule has 0 N–H and O–H groups in total. The highest BCUT2D eigenvalue weighted by atomic mass is 19.4. The van der Waals surface area contributed by atoms with Gasteiger partial charge in [0.2, 0.25) is 0 Å². The molecule has 0 aromatic heterocycles. The standard InChI is InChI=1S/C8H2F14/c9-1(10)3(13)5(15,16)7(19,20)4(14,2(11)12)8(21,22)6(3,17)18/h1-2H. The predicted octanol–water partition coefficient (Wildman–Crippen LogP) is 4.49. The van der Waals surface area contributed by atoms with Crippen LogP contribution in [0.3, 0.4) is 0 Å². The number of rotatable bonds is 2. The zero-order chi connectivity index (χ0) is 18.2. The molecule has 0 spiro atoms. The van der Waals surface area contributed by atoms with Crippen molar-refractivity contribution in [3.63, 3.8) is 0 Å². The Morgan fingerprint density at radius 2 is 0.500 bits per heavy atom. The van der Waals surface area contributed by atoms with E-state index in [1.54, 1.807) is 0 Å². The number of halogens is 14. The summed E-state index contributed by atoms with van der Waals surface area (Å²) in [5.41, 5.74) is -14.6. The van der Waals surface area contributed by atoms with Crippen molar-refractivity contribution >= 4 is 0 Å². The molecule has 0 aliphatic heterocycles. The van der Waals surface area contributed by atoms with E-state index in [-0.39, 0.29) is 0 Å². The Bertz CT molecular complexity index is 380. The van der Waals surface area contributed by atoms with E-state index in [1.165, 1.54) is 0 Å².